The summed E-state index contributed by atoms with van der Waals surface area (Å²) in [6.45, 7) is 1.85. The van der Waals surface area contributed by atoms with E-state index in [1.54, 1.807) is 11.3 Å². The summed E-state index contributed by atoms with van der Waals surface area (Å²) in [6, 6.07) is 13.5. The molecule has 0 aliphatic rings. The molecule has 0 bridgehead atoms. The molecule has 1 aromatic carbocycles. The van der Waals surface area contributed by atoms with Crippen molar-refractivity contribution in [1.29, 1.82) is 0 Å². The second-order valence-corrected chi connectivity index (χ2v) is 8.07. The van der Waals surface area contributed by atoms with Gasteiger partial charge in [-0.25, -0.2) is 9.48 Å². The van der Waals surface area contributed by atoms with Crippen LogP contribution in [0.4, 0.5) is 0 Å². The van der Waals surface area contributed by atoms with E-state index in [1.165, 1.54) is 11.3 Å². The summed E-state index contributed by atoms with van der Waals surface area (Å²) in [6.07, 6.45) is 0. The second-order valence-electron chi connectivity index (χ2n) is 6.26. The molecule has 4 heterocycles. The van der Waals surface area contributed by atoms with E-state index in [1.807, 2.05) is 64.8 Å². The second kappa shape index (κ2) is 7.26. The third-order valence-electron chi connectivity index (χ3n) is 4.32. The molecule has 0 N–H and O–H groups in total. The number of nitrogens with zero attached hydrogens (tertiary/aromatic N) is 4. The first-order chi connectivity index (χ1) is 14.2. The number of thiophene rings is 2. The van der Waals surface area contributed by atoms with Gasteiger partial charge < -0.3 is 9.26 Å². The fraction of sp³-hybridized carbons (Fsp3) is 0.100. The Morgan fingerprint density at radius 3 is 2.90 bits per heavy atom. The maximum atomic E-state index is 12.6. The molecule has 0 unspecified atom stereocenters. The minimum absolute atomic E-state index is 0.0754. The van der Waals surface area contributed by atoms with Crippen LogP contribution in [0.15, 0.2) is 57.7 Å². The molecule has 7 nitrogen and oxygen atoms in total. The fourth-order valence-corrected chi connectivity index (χ4v) is 4.62. The highest BCUT2D eigenvalue weighted by Crippen LogP contribution is 2.31. The van der Waals surface area contributed by atoms with E-state index in [2.05, 4.69) is 15.2 Å². The van der Waals surface area contributed by atoms with E-state index in [-0.39, 0.29) is 12.5 Å². The van der Waals surface area contributed by atoms with E-state index in [9.17, 15) is 4.79 Å². The van der Waals surface area contributed by atoms with Crippen molar-refractivity contribution in [3.8, 4) is 17.1 Å². The summed E-state index contributed by atoms with van der Waals surface area (Å²) in [4.78, 5) is 18.2. The molecular weight excluding hydrogens is 408 g/mol. The summed E-state index contributed by atoms with van der Waals surface area (Å²) >= 11 is 2.90. The van der Waals surface area contributed by atoms with Crippen LogP contribution < -0.4 is 0 Å². The highest BCUT2D eigenvalue weighted by Gasteiger charge is 2.19. The molecule has 0 radical (unpaired) electrons. The lowest BCUT2D eigenvalue weighted by Crippen LogP contribution is -2.03. The number of carbonyl (C=O) groups is 1. The molecule has 0 saturated heterocycles. The first-order valence-corrected chi connectivity index (χ1v) is 10.5. The molecule has 5 rings (SSSR count). The van der Waals surface area contributed by atoms with Crippen LogP contribution in [0.5, 0.6) is 0 Å². The number of benzene rings is 1. The van der Waals surface area contributed by atoms with Gasteiger partial charge in [0.25, 0.3) is 5.89 Å². The van der Waals surface area contributed by atoms with Gasteiger partial charge in [0.2, 0.25) is 5.82 Å². The molecule has 0 spiro atoms. The Balaban J connectivity index is 1.35. The largest absolute Gasteiger partial charge is 0.451 e. The van der Waals surface area contributed by atoms with Crippen LogP contribution in [-0.4, -0.2) is 25.9 Å². The normalized spacial score (nSPS) is 11.2. The predicted molar refractivity (Wildman–Crippen MR) is 110 cm³/mol. The SMILES string of the molecule is Cc1nn(-c2ccccc2)c2sc(C(=O)OCc3nc(-c4ccsc4)no3)cc12. The number of rotatable bonds is 5. The van der Waals surface area contributed by atoms with Crippen molar-refractivity contribution < 1.29 is 14.1 Å². The number of ether oxygens (including phenoxy) is 1. The average molecular weight is 422 g/mol. The van der Waals surface area contributed by atoms with E-state index in [0.29, 0.717) is 10.7 Å². The number of esters is 1. The van der Waals surface area contributed by atoms with Gasteiger partial charge in [-0.15, -0.1) is 11.3 Å². The molecule has 144 valence electrons. The van der Waals surface area contributed by atoms with E-state index in [4.69, 9.17) is 9.26 Å². The maximum Gasteiger partial charge on any atom is 0.348 e. The quantitative estimate of drug-likeness (QED) is 0.376. The Kier molecular flexibility index (Phi) is 4.45. The van der Waals surface area contributed by atoms with Gasteiger partial charge in [0.1, 0.15) is 9.71 Å². The predicted octanol–water partition coefficient (Wildman–Crippen LogP) is 4.86. The highest BCUT2D eigenvalue weighted by atomic mass is 32.1. The standard InChI is InChI=1S/C20H14N4O3S2/c1-12-15-9-16(29-19(15)24(22-12)14-5-3-2-4-6-14)20(25)26-10-17-21-18(23-27-17)13-7-8-28-11-13/h2-9,11H,10H2,1H3. The van der Waals surface area contributed by atoms with Gasteiger partial charge in [-0.1, -0.05) is 23.4 Å². The Labute approximate surface area is 173 Å². The molecule has 0 fully saturated rings. The first-order valence-electron chi connectivity index (χ1n) is 8.76. The average Bonchev–Trinajstić information content (AvgIpc) is 3.52. The third kappa shape index (κ3) is 3.34. The lowest BCUT2D eigenvalue weighted by atomic mass is 10.3. The Bertz CT molecular complexity index is 1290. The van der Waals surface area contributed by atoms with Crippen LogP contribution in [0.2, 0.25) is 0 Å². The smallest absolute Gasteiger partial charge is 0.348 e. The minimum Gasteiger partial charge on any atom is -0.451 e. The summed E-state index contributed by atoms with van der Waals surface area (Å²) in [7, 11) is 0. The number of aryl methyl sites for hydroxylation is 1. The zero-order valence-electron chi connectivity index (χ0n) is 15.2. The first kappa shape index (κ1) is 17.8. The van der Waals surface area contributed by atoms with Crippen molar-refractivity contribution in [2.45, 2.75) is 13.5 Å². The van der Waals surface area contributed by atoms with E-state index >= 15 is 0 Å². The molecule has 0 amide bonds. The number of fused-ring (bicyclic) bond motifs is 1. The summed E-state index contributed by atoms with van der Waals surface area (Å²) in [5.74, 6) is 0.311. The summed E-state index contributed by atoms with van der Waals surface area (Å²) < 4.78 is 12.4. The van der Waals surface area contributed by atoms with Gasteiger partial charge in [0.15, 0.2) is 6.61 Å². The zero-order valence-corrected chi connectivity index (χ0v) is 16.9. The lowest BCUT2D eigenvalue weighted by Gasteiger charge is -2.01. The zero-order chi connectivity index (χ0) is 19.8. The van der Waals surface area contributed by atoms with E-state index in [0.717, 1.165) is 27.2 Å². The van der Waals surface area contributed by atoms with Gasteiger partial charge >= 0.3 is 5.97 Å². The van der Waals surface area contributed by atoms with Crippen LogP contribution in [0.3, 0.4) is 0 Å². The van der Waals surface area contributed by atoms with Gasteiger partial charge in [0.05, 0.1) is 11.4 Å². The highest BCUT2D eigenvalue weighted by molar-refractivity contribution is 7.20. The maximum absolute atomic E-state index is 12.6. The summed E-state index contributed by atoms with van der Waals surface area (Å²) in [5, 5.41) is 13.3. The molecule has 0 aliphatic carbocycles. The topological polar surface area (TPSA) is 83.0 Å². The Morgan fingerprint density at radius 2 is 2.10 bits per heavy atom. The molecule has 5 aromatic rings. The third-order valence-corrected chi connectivity index (χ3v) is 6.09. The van der Waals surface area contributed by atoms with Crippen molar-refractivity contribution >= 4 is 38.9 Å². The van der Waals surface area contributed by atoms with E-state index < -0.39 is 5.97 Å². The molecule has 0 saturated carbocycles. The van der Waals surface area contributed by atoms with Crippen molar-refractivity contribution in [2.24, 2.45) is 0 Å². The van der Waals surface area contributed by atoms with Crippen molar-refractivity contribution in [1.82, 2.24) is 19.9 Å². The molecule has 9 heteroatoms. The summed E-state index contributed by atoms with van der Waals surface area (Å²) in [5.41, 5.74) is 2.68. The number of hydrogen-bond donors (Lipinski definition) is 0. The van der Waals surface area contributed by atoms with Gasteiger partial charge in [-0.05, 0) is 36.6 Å². The van der Waals surface area contributed by atoms with Crippen LogP contribution in [0, 0.1) is 6.92 Å². The number of hydrogen-bond acceptors (Lipinski definition) is 8. The van der Waals surface area contributed by atoms with Crippen LogP contribution in [-0.2, 0) is 11.3 Å². The minimum atomic E-state index is -0.430. The van der Waals surface area contributed by atoms with Crippen LogP contribution in [0.25, 0.3) is 27.3 Å². The monoisotopic (exact) mass is 422 g/mol. The molecular formula is C20H14N4O3S2. The fourth-order valence-electron chi connectivity index (χ4n) is 2.91. The van der Waals surface area contributed by atoms with Crippen LogP contribution in [0.1, 0.15) is 21.3 Å². The number of carbonyl (C=O) groups excluding carboxylic acids is 1. The van der Waals surface area contributed by atoms with Crippen molar-refractivity contribution in [3.05, 3.63) is 69.7 Å². The van der Waals surface area contributed by atoms with Crippen molar-refractivity contribution in [2.75, 3.05) is 0 Å². The molecule has 29 heavy (non-hydrogen) atoms. The molecule has 0 aliphatic heterocycles. The van der Waals surface area contributed by atoms with Crippen molar-refractivity contribution in [3.63, 3.8) is 0 Å². The number of para-hydroxylation sites is 1. The van der Waals surface area contributed by atoms with Gasteiger partial charge in [0, 0.05) is 16.3 Å². The molecule has 4 aromatic heterocycles. The Hall–Kier alpha value is -3.30. The Morgan fingerprint density at radius 1 is 1.24 bits per heavy atom. The van der Waals surface area contributed by atoms with Gasteiger partial charge in [-0.2, -0.15) is 21.4 Å². The number of aromatic nitrogens is 4. The lowest BCUT2D eigenvalue weighted by molar-refractivity contribution is 0.0435. The van der Waals surface area contributed by atoms with Gasteiger partial charge in [-0.3, -0.25) is 0 Å². The molecule has 0 atom stereocenters. The van der Waals surface area contributed by atoms with Crippen LogP contribution >= 0.6 is 22.7 Å².